The minimum atomic E-state index is -0.159. The molecule has 0 radical (unpaired) electrons. The third-order valence-electron chi connectivity index (χ3n) is 7.24. The highest BCUT2D eigenvalue weighted by Crippen LogP contribution is 2.50. The normalized spacial score (nSPS) is 40.8. The highest BCUT2D eigenvalue weighted by molar-refractivity contribution is 5.70. The van der Waals surface area contributed by atoms with Gasteiger partial charge in [0.25, 0.3) is 0 Å². The molecule has 4 rings (SSSR count). The summed E-state index contributed by atoms with van der Waals surface area (Å²) in [5, 5.41) is 0. The molecule has 0 amide bonds. The largest absolute Gasteiger partial charge is 0.465 e. The van der Waals surface area contributed by atoms with E-state index in [1.54, 1.807) is 0 Å². The standard InChI is InChI=1S/C22H34O6/c1-21-9-7-15(11-17(21)27-21)13-25-19(23)5-3-4-6-20(24)26-14-16-8-10-22(2)18(12-16)28-22/h15-18H,3-14H2,1-2H3. The molecule has 0 aromatic carbocycles. The van der Waals surface area contributed by atoms with Crippen LogP contribution in [0.4, 0.5) is 0 Å². The van der Waals surface area contributed by atoms with Crippen LogP contribution in [0.5, 0.6) is 0 Å². The number of epoxide rings is 2. The molecule has 2 aliphatic heterocycles. The summed E-state index contributed by atoms with van der Waals surface area (Å²) in [5.74, 6) is 0.539. The molecule has 0 aromatic heterocycles. The summed E-state index contributed by atoms with van der Waals surface area (Å²) < 4.78 is 22.2. The van der Waals surface area contributed by atoms with E-state index in [2.05, 4.69) is 13.8 Å². The number of rotatable bonds is 9. The number of esters is 2. The van der Waals surface area contributed by atoms with Crippen molar-refractivity contribution in [3.05, 3.63) is 0 Å². The van der Waals surface area contributed by atoms with Crippen LogP contribution in [0, 0.1) is 11.8 Å². The van der Waals surface area contributed by atoms with Crippen LogP contribution < -0.4 is 0 Å². The molecule has 6 nitrogen and oxygen atoms in total. The van der Waals surface area contributed by atoms with Crippen molar-refractivity contribution < 1.29 is 28.5 Å². The summed E-state index contributed by atoms with van der Waals surface area (Å²) in [6.45, 7) is 5.33. The summed E-state index contributed by atoms with van der Waals surface area (Å²) in [4.78, 5) is 23.8. The predicted octanol–water partition coefficient (Wildman–Crippen LogP) is 3.55. The zero-order chi connectivity index (χ0) is 19.8. The van der Waals surface area contributed by atoms with Gasteiger partial charge in [0.1, 0.15) is 0 Å². The maximum Gasteiger partial charge on any atom is 0.305 e. The number of hydrogen-bond donors (Lipinski definition) is 0. The Labute approximate surface area is 167 Å². The number of carbonyl (C=O) groups excluding carboxylic acids is 2. The van der Waals surface area contributed by atoms with E-state index >= 15 is 0 Å². The van der Waals surface area contributed by atoms with Gasteiger partial charge in [-0.2, -0.15) is 0 Å². The lowest BCUT2D eigenvalue weighted by Crippen LogP contribution is -2.25. The number of hydrogen-bond acceptors (Lipinski definition) is 6. The van der Waals surface area contributed by atoms with Gasteiger partial charge in [-0.15, -0.1) is 0 Å². The summed E-state index contributed by atoms with van der Waals surface area (Å²) in [5.41, 5.74) is 0.219. The summed E-state index contributed by atoms with van der Waals surface area (Å²) >= 11 is 0. The zero-order valence-corrected chi connectivity index (χ0v) is 17.2. The molecule has 6 unspecified atom stereocenters. The van der Waals surface area contributed by atoms with Gasteiger partial charge >= 0.3 is 11.9 Å². The number of carbonyl (C=O) groups is 2. The van der Waals surface area contributed by atoms with Crippen molar-refractivity contribution in [3.63, 3.8) is 0 Å². The quantitative estimate of drug-likeness (QED) is 0.338. The van der Waals surface area contributed by atoms with Gasteiger partial charge in [0, 0.05) is 12.8 Å². The Kier molecular flexibility index (Phi) is 5.71. The lowest BCUT2D eigenvalue weighted by Gasteiger charge is -2.22. The molecule has 2 saturated carbocycles. The van der Waals surface area contributed by atoms with Crippen molar-refractivity contribution >= 4 is 11.9 Å². The van der Waals surface area contributed by atoms with Gasteiger partial charge in [0.2, 0.25) is 0 Å². The third kappa shape index (κ3) is 4.88. The van der Waals surface area contributed by atoms with Gasteiger partial charge in [-0.1, -0.05) is 0 Å². The van der Waals surface area contributed by atoms with Crippen LogP contribution in [0.25, 0.3) is 0 Å². The topological polar surface area (TPSA) is 77.7 Å². The number of fused-ring (bicyclic) bond motifs is 2. The lowest BCUT2D eigenvalue weighted by molar-refractivity contribution is -0.147. The predicted molar refractivity (Wildman–Crippen MR) is 102 cm³/mol. The van der Waals surface area contributed by atoms with E-state index in [1.807, 2.05) is 0 Å². The van der Waals surface area contributed by atoms with Crippen molar-refractivity contribution in [3.8, 4) is 0 Å². The van der Waals surface area contributed by atoms with Gasteiger partial charge in [0.05, 0.1) is 36.6 Å². The molecular formula is C22H34O6. The molecule has 28 heavy (non-hydrogen) atoms. The van der Waals surface area contributed by atoms with Crippen molar-refractivity contribution in [1.82, 2.24) is 0 Å². The Balaban J connectivity index is 0.999. The van der Waals surface area contributed by atoms with E-state index in [0.29, 0.717) is 62.9 Å². The zero-order valence-electron chi connectivity index (χ0n) is 17.2. The first kappa shape index (κ1) is 20.1. The minimum absolute atomic E-state index is 0.109. The smallest absolute Gasteiger partial charge is 0.305 e. The van der Waals surface area contributed by atoms with Gasteiger partial charge in [0.15, 0.2) is 0 Å². The Bertz CT molecular complexity index is 554. The van der Waals surface area contributed by atoms with Crippen LogP contribution in [-0.4, -0.2) is 48.6 Å². The van der Waals surface area contributed by atoms with E-state index in [4.69, 9.17) is 18.9 Å². The van der Waals surface area contributed by atoms with Crippen molar-refractivity contribution in [2.24, 2.45) is 11.8 Å². The van der Waals surface area contributed by atoms with Crippen LogP contribution in [0.3, 0.4) is 0 Å². The summed E-state index contributed by atoms with van der Waals surface area (Å²) in [7, 11) is 0. The SMILES string of the molecule is CC12CCC(COC(=O)CCCCC(=O)OCC3CCC4(C)OC4C3)CC1O2. The molecular weight excluding hydrogens is 360 g/mol. The van der Waals surface area contributed by atoms with E-state index in [0.717, 1.165) is 38.5 Å². The van der Waals surface area contributed by atoms with Crippen molar-refractivity contribution in [2.75, 3.05) is 13.2 Å². The Morgan fingerprint density at radius 2 is 1.25 bits per heavy atom. The Hall–Kier alpha value is -1.14. The van der Waals surface area contributed by atoms with Gasteiger partial charge in [-0.05, 0) is 77.0 Å². The van der Waals surface area contributed by atoms with Crippen molar-refractivity contribution in [2.45, 2.75) is 101 Å². The lowest BCUT2D eigenvalue weighted by atomic mass is 9.83. The van der Waals surface area contributed by atoms with E-state index in [-0.39, 0.29) is 23.1 Å². The molecule has 2 heterocycles. The Morgan fingerprint density at radius 3 is 1.64 bits per heavy atom. The van der Waals surface area contributed by atoms with Crippen LogP contribution in [0.1, 0.15) is 78.1 Å². The first-order chi connectivity index (χ1) is 13.4. The molecule has 4 aliphatic rings. The third-order valence-corrected chi connectivity index (χ3v) is 7.24. The second-order valence-corrected chi connectivity index (χ2v) is 9.69. The second kappa shape index (κ2) is 7.94. The first-order valence-corrected chi connectivity index (χ1v) is 11.0. The maximum absolute atomic E-state index is 11.9. The molecule has 2 aliphatic carbocycles. The van der Waals surface area contributed by atoms with E-state index in [9.17, 15) is 9.59 Å². The van der Waals surface area contributed by atoms with Crippen LogP contribution in [-0.2, 0) is 28.5 Å². The molecule has 0 aromatic rings. The van der Waals surface area contributed by atoms with Crippen molar-refractivity contribution in [1.29, 1.82) is 0 Å². The number of unbranched alkanes of at least 4 members (excludes halogenated alkanes) is 1. The first-order valence-electron chi connectivity index (χ1n) is 11.0. The van der Waals surface area contributed by atoms with Gasteiger partial charge < -0.3 is 18.9 Å². The van der Waals surface area contributed by atoms with Gasteiger partial charge in [-0.3, -0.25) is 9.59 Å². The molecule has 4 fully saturated rings. The van der Waals surface area contributed by atoms with Crippen LogP contribution in [0.2, 0.25) is 0 Å². The highest BCUT2D eigenvalue weighted by Gasteiger charge is 2.56. The van der Waals surface area contributed by atoms with Gasteiger partial charge in [-0.25, -0.2) is 0 Å². The molecule has 0 spiro atoms. The fraction of sp³-hybridized carbons (Fsp3) is 0.909. The van der Waals surface area contributed by atoms with E-state index in [1.165, 1.54) is 0 Å². The average Bonchev–Trinajstić information content (AvgIpc) is 3.54. The van der Waals surface area contributed by atoms with Crippen LogP contribution >= 0.6 is 0 Å². The summed E-state index contributed by atoms with van der Waals surface area (Å²) in [6, 6.07) is 0. The maximum atomic E-state index is 11.9. The fourth-order valence-electron chi connectivity index (χ4n) is 4.85. The molecule has 0 bridgehead atoms. The van der Waals surface area contributed by atoms with Crippen LogP contribution in [0.15, 0.2) is 0 Å². The second-order valence-electron chi connectivity index (χ2n) is 9.69. The molecule has 6 atom stereocenters. The minimum Gasteiger partial charge on any atom is -0.465 e. The average molecular weight is 395 g/mol. The molecule has 2 saturated heterocycles. The van der Waals surface area contributed by atoms with E-state index < -0.39 is 0 Å². The Morgan fingerprint density at radius 1 is 0.821 bits per heavy atom. The molecule has 158 valence electrons. The highest BCUT2D eigenvalue weighted by atomic mass is 16.6. The summed E-state index contributed by atoms with van der Waals surface area (Å²) in [6.07, 6.45) is 9.09. The monoisotopic (exact) mass is 394 g/mol. The number of ether oxygens (including phenoxy) is 4. The fourth-order valence-corrected chi connectivity index (χ4v) is 4.85. The molecule has 6 heteroatoms. The molecule has 0 N–H and O–H groups in total.